The first kappa shape index (κ1) is 17.0. The van der Waals surface area contributed by atoms with Gasteiger partial charge in [0.05, 0.1) is 4.92 Å². The number of nitrogens with two attached hydrogens (primary N) is 1. The minimum absolute atomic E-state index is 0.0408. The Balaban J connectivity index is 2.63. The zero-order valence-corrected chi connectivity index (χ0v) is 12.2. The molecular formula is C14H20FN3O3. The summed E-state index contributed by atoms with van der Waals surface area (Å²) in [5.74, 6) is -1.19. The summed E-state index contributed by atoms with van der Waals surface area (Å²) in [6.45, 7) is 4.60. The van der Waals surface area contributed by atoms with Gasteiger partial charge in [0.2, 0.25) is 11.7 Å². The number of nitrogens with zero attached hydrogens (tertiary/aromatic N) is 1. The van der Waals surface area contributed by atoms with Crippen LogP contribution >= 0.6 is 0 Å². The number of nitrogens with one attached hydrogen (secondary N) is 1. The highest BCUT2D eigenvalue weighted by Crippen LogP contribution is 2.26. The fourth-order valence-corrected chi connectivity index (χ4v) is 1.92. The summed E-state index contributed by atoms with van der Waals surface area (Å²) in [6, 6.07) is 3.27. The quantitative estimate of drug-likeness (QED) is 0.597. The molecule has 1 amide bonds. The van der Waals surface area contributed by atoms with E-state index in [2.05, 4.69) is 5.32 Å². The molecule has 0 heterocycles. The first-order chi connectivity index (χ1) is 9.75. The van der Waals surface area contributed by atoms with E-state index in [9.17, 15) is 19.3 Å². The summed E-state index contributed by atoms with van der Waals surface area (Å²) in [5.41, 5.74) is 5.02. The molecule has 0 unspecified atom stereocenters. The van der Waals surface area contributed by atoms with E-state index >= 15 is 0 Å². The standard InChI is InChI=1S/C14H20FN3O3/c1-14(2,7-8-16)6-5-13(19)17-10-3-4-11(15)12(9-10)18(20)21/h3-4,9H,5-8,16H2,1-2H3,(H,17,19). The Hall–Kier alpha value is -2.02. The van der Waals surface area contributed by atoms with Crippen molar-refractivity contribution in [1.82, 2.24) is 0 Å². The largest absolute Gasteiger partial charge is 0.330 e. The molecule has 0 aliphatic carbocycles. The third-order valence-corrected chi connectivity index (χ3v) is 3.28. The molecule has 6 nitrogen and oxygen atoms in total. The van der Waals surface area contributed by atoms with Gasteiger partial charge in [-0.3, -0.25) is 14.9 Å². The Morgan fingerprint density at radius 2 is 2.10 bits per heavy atom. The number of hydrogen-bond donors (Lipinski definition) is 2. The number of carbonyl (C=O) groups is 1. The van der Waals surface area contributed by atoms with E-state index in [1.165, 1.54) is 6.07 Å². The highest BCUT2D eigenvalue weighted by Gasteiger charge is 2.19. The lowest BCUT2D eigenvalue weighted by Gasteiger charge is -2.23. The number of benzene rings is 1. The van der Waals surface area contributed by atoms with Crippen LogP contribution in [0.25, 0.3) is 0 Å². The van der Waals surface area contributed by atoms with Crippen LogP contribution in [-0.4, -0.2) is 17.4 Å². The number of amides is 1. The third kappa shape index (κ3) is 5.47. The van der Waals surface area contributed by atoms with E-state index in [-0.39, 0.29) is 23.4 Å². The number of rotatable bonds is 7. The highest BCUT2D eigenvalue weighted by atomic mass is 19.1. The van der Waals surface area contributed by atoms with Crippen LogP contribution in [0.1, 0.15) is 33.1 Å². The molecule has 0 saturated heterocycles. The monoisotopic (exact) mass is 297 g/mol. The Bertz CT molecular complexity index is 532. The summed E-state index contributed by atoms with van der Waals surface area (Å²) in [5, 5.41) is 13.2. The minimum Gasteiger partial charge on any atom is -0.330 e. The van der Waals surface area contributed by atoms with Gasteiger partial charge in [-0.25, -0.2) is 0 Å². The van der Waals surface area contributed by atoms with Crippen molar-refractivity contribution in [3.8, 4) is 0 Å². The van der Waals surface area contributed by atoms with Crippen LogP contribution in [0.4, 0.5) is 15.8 Å². The number of hydrogen-bond acceptors (Lipinski definition) is 4. The maximum atomic E-state index is 13.2. The van der Waals surface area contributed by atoms with Crippen molar-refractivity contribution in [3.63, 3.8) is 0 Å². The molecule has 0 atom stereocenters. The molecule has 21 heavy (non-hydrogen) atoms. The number of halogens is 1. The van der Waals surface area contributed by atoms with Gasteiger partial charge >= 0.3 is 5.69 Å². The Morgan fingerprint density at radius 1 is 1.43 bits per heavy atom. The lowest BCUT2D eigenvalue weighted by molar-refractivity contribution is -0.387. The van der Waals surface area contributed by atoms with E-state index in [4.69, 9.17) is 5.73 Å². The third-order valence-electron chi connectivity index (χ3n) is 3.28. The Morgan fingerprint density at radius 3 is 2.67 bits per heavy atom. The average Bonchev–Trinajstić information content (AvgIpc) is 2.38. The molecule has 0 spiro atoms. The molecule has 1 rings (SSSR count). The number of nitro groups is 1. The minimum atomic E-state index is -0.929. The molecule has 116 valence electrons. The van der Waals surface area contributed by atoms with E-state index < -0.39 is 16.4 Å². The first-order valence-electron chi connectivity index (χ1n) is 6.69. The zero-order chi connectivity index (χ0) is 16.0. The van der Waals surface area contributed by atoms with Gasteiger partial charge in [0, 0.05) is 18.2 Å². The first-order valence-corrected chi connectivity index (χ1v) is 6.69. The van der Waals surface area contributed by atoms with Gasteiger partial charge in [-0.1, -0.05) is 13.8 Å². The molecule has 0 bridgehead atoms. The average molecular weight is 297 g/mol. The molecular weight excluding hydrogens is 277 g/mol. The predicted molar refractivity (Wildman–Crippen MR) is 78.4 cm³/mol. The predicted octanol–water partition coefficient (Wildman–Crippen LogP) is 2.83. The van der Waals surface area contributed by atoms with Crippen molar-refractivity contribution in [2.45, 2.75) is 33.1 Å². The van der Waals surface area contributed by atoms with Gasteiger partial charge in [0.1, 0.15) is 0 Å². The second-order valence-corrected chi connectivity index (χ2v) is 5.67. The van der Waals surface area contributed by atoms with Crippen molar-refractivity contribution in [2.75, 3.05) is 11.9 Å². The van der Waals surface area contributed by atoms with Gasteiger partial charge in [-0.15, -0.1) is 0 Å². The van der Waals surface area contributed by atoms with Crippen LogP contribution in [0.2, 0.25) is 0 Å². The summed E-state index contributed by atoms with van der Waals surface area (Å²) in [4.78, 5) is 21.6. The van der Waals surface area contributed by atoms with Crippen molar-refractivity contribution in [2.24, 2.45) is 11.1 Å². The lowest BCUT2D eigenvalue weighted by atomic mass is 9.84. The number of anilines is 1. The lowest BCUT2D eigenvalue weighted by Crippen LogP contribution is -2.20. The zero-order valence-electron chi connectivity index (χ0n) is 12.2. The second kappa shape index (κ2) is 7.12. The van der Waals surface area contributed by atoms with Gasteiger partial charge in [-0.2, -0.15) is 4.39 Å². The summed E-state index contributed by atoms with van der Waals surface area (Å²) in [6.07, 6.45) is 1.74. The van der Waals surface area contributed by atoms with Crippen molar-refractivity contribution < 1.29 is 14.1 Å². The Labute approximate surface area is 122 Å². The maximum absolute atomic E-state index is 13.2. The van der Waals surface area contributed by atoms with Crippen LogP contribution in [0.15, 0.2) is 18.2 Å². The van der Waals surface area contributed by atoms with E-state index in [1.807, 2.05) is 13.8 Å². The van der Waals surface area contributed by atoms with Crippen LogP contribution < -0.4 is 11.1 Å². The van der Waals surface area contributed by atoms with Crippen LogP contribution in [0.3, 0.4) is 0 Å². The number of nitro benzene ring substituents is 1. The van der Waals surface area contributed by atoms with E-state index in [0.717, 1.165) is 18.6 Å². The normalized spacial score (nSPS) is 11.2. The molecule has 7 heteroatoms. The van der Waals surface area contributed by atoms with Gasteiger partial charge in [0.15, 0.2) is 0 Å². The fraction of sp³-hybridized carbons (Fsp3) is 0.500. The SMILES string of the molecule is CC(C)(CCN)CCC(=O)Nc1ccc(F)c([N+](=O)[O-])c1. The van der Waals surface area contributed by atoms with E-state index in [1.54, 1.807) is 0 Å². The van der Waals surface area contributed by atoms with Gasteiger partial charge < -0.3 is 11.1 Å². The molecule has 1 aromatic carbocycles. The molecule has 0 aliphatic rings. The van der Waals surface area contributed by atoms with Crippen LogP contribution in [-0.2, 0) is 4.79 Å². The number of carbonyl (C=O) groups excluding carboxylic acids is 1. The fourth-order valence-electron chi connectivity index (χ4n) is 1.92. The molecule has 0 saturated carbocycles. The van der Waals surface area contributed by atoms with Gasteiger partial charge in [0.25, 0.3) is 0 Å². The second-order valence-electron chi connectivity index (χ2n) is 5.67. The summed E-state index contributed by atoms with van der Waals surface area (Å²) < 4.78 is 13.2. The highest BCUT2D eigenvalue weighted by molar-refractivity contribution is 5.91. The summed E-state index contributed by atoms with van der Waals surface area (Å²) in [7, 11) is 0. The Kier molecular flexibility index (Phi) is 5.78. The maximum Gasteiger partial charge on any atom is 0.306 e. The molecule has 1 aromatic rings. The van der Waals surface area contributed by atoms with Crippen molar-refractivity contribution >= 4 is 17.3 Å². The van der Waals surface area contributed by atoms with Crippen LogP contribution in [0.5, 0.6) is 0 Å². The molecule has 3 N–H and O–H groups in total. The smallest absolute Gasteiger partial charge is 0.306 e. The molecule has 0 aliphatic heterocycles. The van der Waals surface area contributed by atoms with E-state index in [0.29, 0.717) is 13.0 Å². The molecule has 0 aromatic heterocycles. The molecule has 0 radical (unpaired) electrons. The van der Waals surface area contributed by atoms with Crippen LogP contribution in [0, 0.1) is 21.3 Å². The van der Waals surface area contributed by atoms with Crippen molar-refractivity contribution in [3.05, 3.63) is 34.1 Å². The molecule has 0 fully saturated rings. The van der Waals surface area contributed by atoms with Crippen molar-refractivity contribution in [1.29, 1.82) is 0 Å². The van der Waals surface area contributed by atoms with Gasteiger partial charge in [-0.05, 0) is 36.9 Å². The summed E-state index contributed by atoms with van der Waals surface area (Å²) >= 11 is 0. The topological polar surface area (TPSA) is 98.3 Å².